The lowest BCUT2D eigenvalue weighted by atomic mass is 9.38. The summed E-state index contributed by atoms with van der Waals surface area (Å²) < 4.78 is 24.5. The molecule has 2 N–H and O–H groups in total. The molecule has 1 unspecified atom stereocenters. The molecule has 0 radical (unpaired) electrons. The second-order valence-electron chi connectivity index (χ2n) is 9.08. The molecule has 3 saturated carbocycles. The molecule has 2 aromatic rings. The van der Waals surface area contributed by atoms with Crippen molar-refractivity contribution in [3.05, 3.63) is 69.7 Å². The number of Topliss-reactive ketones (excluding diaryl/α,β-unsaturated/α-hetero) is 1. The molecule has 3 aliphatic carbocycles. The van der Waals surface area contributed by atoms with Crippen molar-refractivity contribution in [1.29, 1.82) is 0 Å². The molecule has 172 valence electrons. The predicted molar refractivity (Wildman–Crippen MR) is 119 cm³/mol. The minimum atomic E-state index is -0.959. The molecule has 4 aliphatic rings. The monoisotopic (exact) mass is 491 g/mol. The number of rotatable bonds is 7. The number of halogens is 3. The molecule has 2 bridgehead atoms. The highest BCUT2D eigenvalue weighted by Crippen LogP contribution is 2.69. The number of hydrogen-bond donors (Lipinski definition) is 2. The molecule has 2 aromatic carbocycles. The Kier molecular flexibility index (Phi) is 5.39. The smallest absolute Gasteiger partial charge is 0.258 e. The van der Waals surface area contributed by atoms with Crippen molar-refractivity contribution in [2.24, 2.45) is 5.41 Å². The molecule has 0 saturated heterocycles. The standard InChI is InChI=1S/C24H20Cl2FNO5/c25-13-1-4-20-15(5-13)18(29)7-21(33-20)19(30)8-23-10-24(11-23,12-23)28-22(31)9-32-14-2-3-16(26)17(27)6-14/h1-7,18,29H,8-12H2,(H,28,31). The quantitative estimate of drug-likeness (QED) is 0.594. The predicted octanol–water partition coefficient (Wildman–Crippen LogP) is 4.52. The number of benzene rings is 2. The number of ether oxygens (including phenoxy) is 2. The van der Waals surface area contributed by atoms with Crippen LogP contribution in [0, 0.1) is 11.2 Å². The van der Waals surface area contributed by atoms with E-state index in [0.29, 0.717) is 35.6 Å². The summed E-state index contributed by atoms with van der Waals surface area (Å²) in [6.45, 7) is -0.239. The SMILES string of the molecule is O=C(COc1ccc(Cl)c(F)c1)NC12CC(CC(=O)C3=CC(O)c4cc(Cl)ccc4O3)(C1)C2. The molecule has 1 heterocycles. The number of carbonyl (C=O) groups excluding carboxylic acids is 2. The molecule has 1 aliphatic heterocycles. The van der Waals surface area contributed by atoms with Crippen molar-refractivity contribution in [2.45, 2.75) is 37.3 Å². The maximum absolute atomic E-state index is 13.5. The summed E-state index contributed by atoms with van der Waals surface area (Å²) in [7, 11) is 0. The van der Waals surface area contributed by atoms with E-state index in [9.17, 15) is 19.1 Å². The summed E-state index contributed by atoms with van der Waals surface area (Å²) in [6.07, 6.45) is 2.80. The summed E-state index contributed by atoms with van der Waals surface area (Å²) in [4.78, 5) is 25.1. The molecule has 9 heteroatoms. The van der Waals surface area contributed by atoms with Gasteiger partial charge in [-0.2, -0.15) is 0 Å². The van der Waals surface area contributed by atoms with Crippen LogP contribution in [-0.2, 0) is 9.59 Å². The minimum Gasteiger partial charge on any atom is -0.484 e. The number of ketones is 1. The molecule has 6 rings (SSSR count). The second kappa shape index (κ2) is 8.01. The zero-order chi connectivity index (χ0) is 23.4. The molecule has 6 nitrogen and oxygen atoms in total. The van der Waals surface area contributed by atoms with E-state index < -0.39 is 11.9 Å². The number of carbonyl (C=O) groups is 2. The Balaban J connectivity index is 1.11. The lowest BCUT2D eigenvalue weighted by Crippen LogP contribution is -2.75. The van der Waals surface area contributed by atoms with Crippen molar-refractivity contribution < 1.29 is 28.6 Å². The number of fused-ring (bicyclic) bond motifs is 1. The average Bonchev–Trinajstić information content (AvgIpc) is 2.72. The third-order valence-electron chi connectivity index (χ3n) is 6.44. The highest BCUT2D eigenvalue weighted by atomic mass is 35.5. The van der Waals surface area contributed by atoms with E-state index in [4.69, 9.17) is 32.7 Å². The Morgan fingerprint density at radius 3 is 2.67 bits per heavy atom. The number of nitrogens with one attached hydrogen (secondary N) is 1. The van der Waals surface area contributed by atoms with Crippen molar-refractivity contribution in [3.63, 3.8) is 0 Å². The zero-order valence-electron chi connectivity index (χ0n) is 17.4. The summed E-state index contributed by atoms with van der Waals surface area (Å²) in [6, 6.07) is 8.87. The largest absolute Gasteiger partial charge is 0.484 e. The van der Waals surface area contributed by atoms with E-state index in [0.717, 1.165) is 6.07 Å². The highest BCUT2D eigenvalue weighted by Gasteiger charge is 2.68. The van der Waals surface area contributed by atoms with Crippen LogP contribution in [0.15, 0.2) is 48.2 Å². The minimum absolute atomic E-state index is 0.0157. The van der Waals surface area contributed by atoms with Gasteiger partial charge in [0.15, 0.2) is 18.1 Å². The summed E-state index contributed by atoms with van der Waals surface area (Å²) >= 11 is 11.6. The van der Waals surface area contributed by atoms with Gasteiger partial charge in [-0.05, 0) is 61.1 Å². The van der Waals surface area contributed by atoms with Crippen LogP contribution in [0.3, 0.4) is 0 Å². The maximum atomic E-state index is 13.5. The normalized spacial score (nSPS) is 26.7. The van der Waals surface area contributed by atoms with Gasteiger partial charge >= 0.3 is 0 Å². The Bertz CT molecular complexity index is 1180. The average molecular weight is 492 g/mol. The van der Waals surface area contributed by atoms with Gasteiger partial charge in [0.25, 0.3) is 5.91 Å². The first kappa shape index (κ1) is 22.2. The van der Waals surface area contributed by atoms with Crippen LogP contribution in [0.4, 0.5) is 4.39 Å². The van der Waals surface area contributed by atoms with Crippen molar-refractivity contribution in [3.8, 4) is 11.5 Å². The fourth-order valence-electron chi connectivity index (χ4n) is 5.17. The first-order valence-corrected chi connectivity index (χ1v) is 11.2. The van der Waals surface area contributed by atoms with Gasteiger partial charge in [0.2, 0.25) is 0 Å². The zero-order valence-corrected chi connectivity index (χ0v) is 18.9. The Morgan fingerprint density at radius 2 is 1.94 bits per heavy atom. The van der Waals surface area contributed by atoms with Gasteiger partial charge in [0, 0.05) is 28.6 Å². The van der Waals surface area contributed by atoms with Crippen LogP contribution >= 0.6 is 23.2 Å². The number of allylic oxidation sites excluding steroid dienone is 1. The van der Waals surface area contributed by atoms with Gasteiger partial charge in [-0.25, -0.2) is 4.39 Å². The fraction of sp³-hybridized carbons (Fsp3) is 0.333. The topological polar surface area (TPSA) is 84.9 Å². The second-order valence-corrected chi connectivity index (χ2v) is 9.93. The van der Waals surface area contributed by atoms with Crippen LogP contribution in [0.25, 0.3) is 0 Å². The Labute approximate surface area is 199 Å². The third kappa shape index (κ3) is 4.21. The lowest BCUT2D eigenvalue weighted by Gasteiger charge is -2.70. The molecular weight excluding hydrogens is 472 g/mol. The van der Waals surface area contributed by atoms with E-state index in [-0.39, 0.29) is 52.2 Å². The first-order chi connectivity index (χ1) is 15.7. The van der Waals surface area contributed by atoms with Crippen molar-refractivity contribution in [1.82, 2.24) is 5.32 Å². The van der Waals surface area contributed by atoms with Gasteiger partial charge in [-0.15, -0.1) is 0 Å². The Morgan fingerprint density at radius 1 is 1.18 bits per heavy atom. The number of hydrogen-bond acceptors (Lipinski definition) is 5. The molecule has 0 spiro atoms. The van der Waals surface area contributed by atoms with Crippen molar-refractivity contribution in [2.75, 3.05) is 6.61 Å². The molecule has 1 amide bonds. The number of aliphatic hydroxyl groups is 1. The third-order valence-corrected chi connectivity index (χ3v) is 6.98. The number of amides is 1. The van der Waals surface area contributed by atoms with E-state index >= 15 is 0 Å². The van der Waals surface area contributed by atoms with E-state index in [1.807, 2.05) is 0 Å². The van der Waals surface area contributed by atoms with Crippen LogP contribution in [0.2, 0.25) is 10.0 Å². The lowest BCUT2D eigenvalue weighted by molar-refractivity contribution is -0.172. The van der Waals surface area contributed by atoms with Crippen LogP contribution in [-0.4, -0.2) is 28.9 Å². The van der Waals surface area contributed by atoms with Crippen LogP contribution in [0.5, 0.6) is 11.5 Å². The summed E-state index contributed by atoms with van der Waals surface area (Å²) in [5.74, 6) is -0.330. The highest BCUT2D eigenvalue weighted by molar-refractivity contribution is 6.31. The number of aliphatic hydroxyl groups excluding tert-OH is 1. The van der Waals surface area contributed by atoms with E-state index in [2.05, 4.69) is 5.32 Å². The molecule has 3 fully saturated rings. The molecule has 0 aromatic heterocycles. The first-order valence-electron chi connectivity index (χ1n) is 10.5. The summed E-state index contributed by atoms with van der Waals surface area (Å²) in [5.41, 5.74) is 0.0335. The van der Waals surface area contributed by atoms with Crippen LogP contribution < -0.4 is 14.8 Å². The van der Waals surface area contributed by atoms with Gasteiger partial charge < -0.3 is 19.9 Å². The maximum Gasteiger partial charge on any atom is 0.258 e. The van der Waals surface area contributed by atoms with E-state index in [1.165, 1.54) is 18.2 Å². The van der Waals surface area contributed by atoms with Gasteiger partial charge in [-0.3, -0.25) is 9.59 Å². The summed E-state index contributed by atoms with van der Waals surface area (Å²) in [5, 5.41) is 13.8. The molecule has 1 atom stereocenters. The van der Waals surface area contributed by atoms with E-state index in [1.54, 1.807) is 18.2 Å². The molecular formula is C24H20Cl2FNO5. The van der Waals surface area contributed by atoms with Gasteiger partial charge in [-0.1, -0.05) is 23.2 Å². The van der Waals surface area contributed by atoms with Crippen molar-refractivity contribution >= 4 is 34.9 Å². The van der Waals surface area contributed by atoms with Gasteiger partial charge in [0.05, 0.1) is 5.02 Å². The fourth-order valence-corrected chi connectivity index (χ4v) is 5.47. The van der Waals surface area contributed by atoms with Gasteiger partial charge in [0.1, 0.15) is 23.4 Å². The Hall–Kier alpha value is -2.61. The van der Waals surface area contributed by atoms with Crippen LogP contribution in [0.1, 0.15) is 37.4 Å². The molecule has 33 heavy (non-hydrogen) atoms.